The molecule has 1 N–H and O–H groups in total. The van der Waals surface area contributed by atoms with Crippen LogP contribution in [-0.4, -0.2) is 33.4 Å². The normalized spacial score (nSPS) is 20.9. The summed E-state index contributed by atoms with van der Waals surface area (Å²) >= 11 is 0. The van der Waals surface area contributed by atoms with E-state index >= 15 is 0 Å². The highest BCUT2D eigenvalue weighted by molar-refractivity contribution is 5.68. The second kappa shape index (κ2) is 5.18. The highest BCUT2D eigenvalue weighted by Gasteiger charge is 2.34. The monoisotopic (exact) mass is 300 g/mol. The predicted molar refractivity (Wildman–Crippen MR) is 70.0 cm³/mol. The summed E-state index contributed by atoms with van der Waals surface area (Å²) < 4.78 is 44.9. The van der Waals surface area contributed by atoms with Gasteiger partial charge >= 0.3 is 6.18 Å². The van der Waals surface area contributed by atoms with Gasteiger partial charge in [-0.05, 0) is 19.8 Å². The lowest BCUT2D eigenvalue weighted by molar-refractivity contribution is -0.141. The molecule has 0 spiro atoms. The molecular formula is C13H15F3N4O. The second-order valence-electron chi connectivity index (χ2n) is 5.12. The van der Waals surface area contributed by atoms with Gasteiger partial charge in [-0.2, -0.15) is 18.3 Å². The smallest absolute Gasteiger partial charge is 0.376 e. The Morgan fingerprint density at radius 1 is 1.48 bits per heavy atom. The molecule has 114 valence electrons. The van der Waals surface area contributed by atoms with E-state index < -0.39 is 11.9 Å². The maximum absolute atomic E-state index is 12.7. The first-order chi connectivity index (χ1) is 9.95. The Morgan fingerprint density at radius 2 is 2.29 bits per heavy atom. The Morgan fingerprint density at radius 3 is 2.95 bits per heavy atom. The molecule has 1 fully saturated rings. The van der Waals surface area contributed by atoms with E-state index in [1.54, 1.807) is 0 Å². The molecule has 1 aliphatic rings. The molecule has 2 atom stereocenters. The lowest BCUT2D eigenvalue weighted by atomic mass is 10.1. The molecule has 0 saturated carbocycles. The summed E-state index contributed by atoms with van der Waals surface area (Å²) in [5.74, 6) is 0.378. The highest BCUT2D eigenvalue weighted by atomic mass is 19.4. The fourth-order valence-electron chi connectivity index (χ4n) is 2.48. The molecule has 0 radical (unpaired) electrons. The third-order valence-electron chi connectivity index (χ3n) is 3.57. The zero-order chi connectivity index (χ0) is 15.0. The van der Waals surface area contributed by atoms with E-state index in [9.17, 15) is 13.2 Å². The number of hydrogen-bond acceptors (Lipinski definition) is 4. The first-order valence-electron chi connectivity index (χ1n) is 6.75. The standard InChI is InChI=1S/C13H15F3N4O/c1-8(10-3-2-6-21-10)18-12-9-7-11(13(14,15)16)19-20(9)5-4-17-12/h4-5,7-8,10H,2-3,6H2,1H3,(H,17,18). The van der Waals surface area contributed by atoms with Crippen molar-refractivity contribution < 1.29 is 17.9 Å². The summed E-state index contributed by atoms with van der Waals surface area (Å²) in [6.07, 6.45) is 0.335. The van der Waals surface area contributed by atoms with E-state index in [1.165, 1.54) is 16.9 Å². The molecule has 21 heavy (non-hydrogen) atoms. The lowest BCUT2D eigenvalue weighted by Gasteiger charge is -2.20. The average Bonchev–Trinajstić information content (AvgIpc) is 3.07. The molecule has 2 unspecified atom stereocenters. The molecule has 3 heterocycles. The van der Waals surface area contributed by atoms with Gasteiger partial charge in [0.1, 0.15) is 5.52 Å². The fraction of sp³-hybridized carbons (Fsp3) is 0.538. The molecule has 0 bridgehead atoms. The van der Waals surface area contributed by atoms with Gasteiger partial charge in [0.2, 0.25) is 0 Å². The molecule has 3 rings (SSSR count). The minimum atomic E-state index is -4.47. The Balaban J connectivity index is 1.89. The molecule has 0 aliphatic carbocycles. The molecular weight excluding hydrogens is 285 g/mol. The summed E-state index contributed by atoms with van der Waals surface area (Å²) in [7, 11) is 0. The maximum atomic E-state index is 12.7. The Kier molecular flexibility index (Phi) is 3.48. The number of halogens is 3. The van der Waals surface area contributed by atoms with Crippen LogP contribution >= 0.6 is 0 Å². The van der Waals surface area contributed by atoms with Crippen LogP contribution in [0.1, 0.15) is 25.5 Å². The van der Waals surface area contributed by atoms with E-state index in [0.29, 0.717) is 11.3 Å². The van der Waals surface area contributed by atoms with Crippen LogP contribution in [0.2, 0.25) is 0 Å². The van der Waals surface area contributed by atoms with E-state index in [4.69, 9.17) is 4.74 Å². The lowest BCUT2D eigenvalue weighted by Crippen LogP contribution is -2.30. The van der Waals surface area contributed by atoms with Crippen molar-refractivity contribution in [3.8, 4) is 0 Å². The number of anilines is 1. The summed E-state index contributed by atoms with van der Waals surface area (Å²) in [5.41, 5.74) is -0.627. The van der Waals surface area contributed by atoms with Crippen molar-refractivity contribution in [3.05, 3.63) is 24.2 Å². The number of aromatic nitrogens is 3. The van der Waals surface area contributed by atoms with Gasteiger partial charge in [-0.3, -0.25) is 0 Å². The van der Waals surface area contributed by atoms with Gasteiger partial charge in [0.25, 0.3) is 0 Å². The maximum Gasteiger partial charge on any atom is 0.435 e. The quantitative estimate of drug-likeness (QED) is 0.947. The molecule has 8 heteroatoms. The van der Waals surface area contributed by atoms with Crippen LogP contribution in [0.15, 0.2) is 18.5 Å². The van der Waals surface area contributed by atoms with Gasteiger partial charge in [0.15, 0.2) is 11.5 Å². The van der Waals surface area contributed by atoms with Crippen LogP contribution in [0.4, 0.5) is 19.0 Å². The van der Waals surface area contributed by atoms with Gasteiger partial charge < -0.3 is 10.1 Å². The van der Waals surface area contributed by atoms with Crippen LogP contribution in [0.3, 0.4) is 0 Å². The van der Waals surface area contributed by atoms with Crippen LogP contribution in [0.5, 0.6) is 0 Å². The van der Waals surface area contributed by atoms with Gasteiger partial charge in [-0.25, -0.2) is 9.50 Å². The zero-order valence-corrected chi connectivity index (χ0v) is 11.4. The van der Waals surface area contributed by atoms with Gasteiger partial charge in [0, 0.05) is 25.1 Å². The van der Waals surface area contributed by atoms with Crippen molar-refractivity contribution in [1.82, 2.24) is 14.6 Å². The third-order valence-corrected chi connectivity index (χ3v) is 3.57. The van der Waals surface area contributed by atoms with Gasteiger partial charge in [0.05, 0.1) is 12.1 Å². The fourth-order valence-corrected chi connectivity index (χ4v) is 2.48. The number of rotatable bonds is 3. The zero-order valence-electron chi connectivity index (χ0n) is 11.4. The van der Waals surface area contributed by atoms with E-state index in [2.05, 4.69) is 15.4 Å². The summed E-state index contributed by atoms with van der Waals surface area (Å²) in [6.45, 7) is 2.65. The van der Waals surface area contributed by atoms with E-state index in [1.807, 2.05) is 6.92 Å². The summed E-state index contributed by atoms with van der Waals surface area (Å²) in [5, 5.41) is 6.66. The van der Waals surface area contributed by atoms with E-state index in [0.717, 1.165) is 25.5 Å². The van der Waals surface area contributed by atoms with E-state index in [-0.39, 0.29) is 12.1 Å². The number of nitrogens with one attached hydrogen (secondary N) is 1. The first-order valence-corrected chi connectivity index (χ1v) is 6.75. The minimum Gasteiger partial charge on any atom is -0.376 e. The van der Waals surface area contributed by atoms with Crippen molar-refractivity contribution >= 4 is 11.3 Å². The summed E-state index contributed by atoms with van der Waals surface area (Å²) in [6, 6.07) is 0.966. The highest BCUT2D eigenvalue weighted by Crippen LogP contribution is 2.30. The molecule has 0 amide bonds. The Labute approximate surface area is 119 Å². The number of ether oxygens (including phenoxy) is 1. The van der Waals surface area contributed by atoms with Crippen LogP contribution in [0.25, 0.3) is 5.52 Å². The molecule has 2 aromatic rings. The first kappa shape index (κ1) is 14.1. The molecule has 1 saturated heterocycles. The van der Waals surface area contributed by atoms with Gasteiger partial charge in [-0.15, -0.1) is 0 Å². The van der Waals surface area contributed by atoms with Crippen LogP contribution in [0, 0.1) is 0 Å². The average molecular weight is 300 g/mol. The largest absolute Gasteiger partial charge is 0.435 e. The Hall–Kier alpha value is -1.83. The van der Waals surface area contributed by atoms with Crippen molar-refractivity contribution in [1.29, 1.82) is 0 Å². The van der Waals surface area contributed by atoms with Crippen LogP contribution in [-0.2, 0) is 10.9 Å². The predicted octanol–water partition coefficient (Wildman–Crippen LogP) is 2.73. The Bertz CT molecular complexity index is 634. The van der Waals surface area contributed by atoms with Gasteiger partial charge in [-0.1, -0.05) is 0 Å². The summed E-state index contributed by atoms with van der Waals surface area (Å²) in [4.78, 5) is 4.12. The third kappa shape index (κ3) is 2.80. The number of nitrogens with zero attached hydrogens (tertiary/aromatic N) is 3. The molecule has 5 nitrogen and oxygen atoms in total. The van der Waals surface area contributed by atoms with Crippen LogP contribution < -0.4 is 5.32 Å². The van der Waals surface area contributed by atoms with Crippen molar-refractivity contribution in [2.45, 2.75) is 38.1 Å². The molecule has 0 aromatic carbocycles. The minimum absolute atomic E-state index is 0.0320. The SMILES string of the molecule is CC(Nc1nccn2nc(C(F)(F)F)cc12)C1CCCO1. The number of fused-ring (bicyclic) bond motifs is 1. The second-order valence-corrected chi connectivity index (χ2v) is 5.12. The van der Waals surface area contributed by atoms with Crippen molar-refractivity contribution in [2.24, 2.45) is 0 Å². The number of hydrogen-bond donors (Lipinski definition) is 1. The number of alkyl halides is 3. The topological polar surface area (TPSA) is 51.5 Å². The van der Waals surface area contributed by atoms with Crippen molar-refractivity contribution in [3.63, 3.8) is 0 Å². The molecule has 1 aliphatic heterocycles. The molecule has 2 aromatic heterocycles. The van der Waals surface area contributed by atoms with Crippen molar-refractivity contribution in [2.75, 3.05) is 11.9 Å².